The lowest BCUT2D eigenvalue weighted by molar-refractivity contribution is -0.136. The lowest BCUT2D eigenvalue weighted by Crippen LogP contribution is -2.52. The average Bonchev–Trinajstić information content (AvgIpc) is 3.25. The minimum Gasteiger partial charge on any atom is -0.495 e. The molecule has 36 heavy (non-hydrogen) atoms. The first-order valence-corrected chi connectivity index (χ1v) is 13.9. The minimum atomic E-state index is -4.54. The number of rotatable bonds is 7. The number of nitrogens with zero attached hydrogens (tertiary/aromatic N) is 3. The Kier molecular flexibility index (Phi) is 6.61. The van der Waals surface area contributed by atoms with Gasteiger partial charge in [-0.05, 0) is 25.1 Å². The molecule has 0 saturated carbocycles. The van der Waals surface area contributed by atoms with Gasteiger partial charge >= 0.3 is 6.18 Å². The van der Waals surface area contributed by atoms with E-state index in [0.29, 0.717) is 36.3 Å². The minimum absolute atomic E-state index is 0.0550. The van der Waals surface area contributed by atoms with Gasteiger partial charge in [0.25, 0.3) is 0 Å². The molecule has 1 aromatic carbocycles. The number of nitrogens with one attached hydrogen (secondary N) is 3. The maximum absolute atomic E-state index is 13.7. The molecular weight excluding hydrogens is 496 g/mol. The predicted molar refractivity (Wildman–Crippen MR) is 132 cm³/mol. The molecule has 0 atom stereocenters. The van der Waals surface area contributed by atoms with Crippen LogP contribution in [0.5, 0.6) is 5.75 Å². The molecule has 0 aliphatic carbocycles. The quantitative estimate of drug-likeness (QED) is 0.401. The van der Waals surface area contributed by atoms with Crippen molar-refractivity contribution in [2.24, 2.45) is 0 Å². The van der Waals surface area contributed by atoms with E-state index in [2.05, 4.69) is 30.5 Å². The Morgan fingerprint density at radius 1 is 1.25 bits per heavy atom. The highest BCUT2D eigenvalue weighted by Gasteiger charge is 2.37. The molecule has 4 heterocycles. The molecule has 0 amide bonds. The van der Waals surface area contributed by atoms with Gasteiger partial charge in [0, 0.05) is 43.5 Å². The van der Waals surface area contributed by atoms with E-state index in [-0.39, 0.29) is 22.8 Å². The number of aromatic nitrogens is 3. The summed E-state index contributed by atoms with van der Waals surface area (Å²) in [6.45, 7) is 5.17. The first-order chi connectivity index (χ1) is 17.2. The highest BCUT2D eigenvalue weighted by Crippen LogP contribution is 2.48. The van der Waals surface area contributed by atoms with Crippen LogP contribution in [0.2, 0.25) is 0 Å². The third kappa shape index (κ3) is 4.65. The van der Waals surface area contributed by atoms with Crippen molar-refractivity contribution >= 4 is 40.9 Å². The standard InChI is InChI=1S/C23H28F3N6O3P/c1-3-27-20-19-16(23(24,25)26)11-28-21(19)31-22(30-20)29-17-5-4-15(10-18(17)34-2)36(33)8-6-32(7-9-36)14-12-35-13-14/h4-5,10-11,14H,3,6-9,12-13H2,1-2H3,(H3,27,28,29,30,31). The molecule has 2 saturated heterocycles. The van der Waals surface area contributed by atoms with E-state index in [1.165, 1.54) is 7.11 Å². The molecule has 3 aromatic rings. The van der Waals surface area contributed by atoms with E-state index in [1.807, 2.05) is 6.07 Å². The zero-order valence-electron chi connectivity index (χ0n) is 20.0. The van der Waals surface area contributed by atoms with Crippen LogP contribution in [0.3, 0.4) is 0 Å². The number of halogens is 3. The number of ether oxygens (including phenoxy) is 2. The molecule has 2 aromatic heterocycles. The van der Waals surface area contributed by atoms with Crippen LogP contribution in [0.15, 0.2) is 24.4 Å². The second kappa shape index (κ2) is 9.57. The van der Waals surface area contributed by atoms with E-state index >= 15 is 0 Å². The van der Waals surface area contributed by atoms with Crippen LogP contribution in [0.4, 0.5) is 30.6 Å². The Labute approximate surface area is 206 Å². The van der Waals surface area contributed by atoms with Gasteiger partial charge < -0.3 is 29.7 Å². The Morgan fingerprint density at radius 3 is 2.61 bits per heavy atom. The van der Waals surface area contributed by atoms with Gasteiger partial charge in [0.15, 0.2) is 0 Å². The summed E-state index contributed by atoms with van der Waals surface area (Å²) in [5.41, 5.74) is -0.260. The Morgan fingerprint density at radius 2 is 2.00 bits per heavy atom. The summed E-state index contributed by atoms with van der Waals surface area (Å²) < 4.78 is 64.9. The van der Waals surface area contributed by atoms with Crippen LogP contribution in [0.25, 0.3) is 11.0 Å². The number of H-pyrrole nitrogens is 1. The number of anilines is 3. The fourth-order valence-electron chi connectivity index (χ4n) is 4.63. The molecule has 2 aliphatic rings. The number of fused-ring (bicyclic) bond motifs is 1. The molecule has 0 radical (unpaired) electrons. The maximum atomic E-state index is 13.7. The van der Waals surface area contributed by atoms with Crippen LogP contribution in [0.1, 0.15) is 12.5 Å². The summed E-state index contributed by atoms with van der Waals surface area (Å²) >= 11 is 0. The van der Waals surface area contributed by atoms with Crippen LogP contribution in [-0.4, -0.2) is 78.2 Å². The SMILES string of the molecule is CCNc1nc(Nc2ccc(P3(=O)CCN(C4COC4)CC3)cc2OC)nc2[nH]cc(C(F)(F)F)c12. The molecule has 3 N–H and O–H groups in total. The molecular formula is C23H28F3N6O3P. The molecule has 2 aliphatic heterocycles. The van der Waals surface area contributed by atoms with Crippen molar-refractivity contribution in [3.05, 3.63) is 30.0 Å². The first-order valence-electron chi connectivity index (χ1n) is 11.8. The van der Waals surface area contributed by atoms with Crippen molar-refractivity contribution in [2.45, 2.75) is 19.1 Å². The van der Waals surface area contributed by atoms with Gasteiger partial charge in [-0.2, -0.15) is 23.1 Å². The summed E-state index contributed by atoms with van der Waals surface area (Å²) in [7, 11) is -1.07. The summed E-state index contributed by atoms with van der Waals surface area (Å²) in [5.74, 6) is 0.624. The molecule has 9 nitrogen and oxygen atoms in total. The molecule has 0 spiro atoms. The maximum Gasteiger partial charge on any atom is 0.418 e. The van der Waals surface area contributed by atoms with Crippen molar-refractivity contribution < 1.29 is 27.2 Å². The fourth-order valence-corrected chi connectivity index (χ4v) is 7.22. The monoisotopic (exact) mass is 524 g/mol. The third-order valence-electron chi connectivity index (χ3n) is 6.72. The van der Waals surface area contributed by atoms with E-state index in [4.69, 9.17) is 9.47 Å². The largest absolute Gasteiger partial charge is 0.495 e. The topological polar surface area (TPSA) is 104 Å². The van der Waals surface area contributed by atoms with Crippen LogP contribution >= 0.6 is 7.14 Å². The number of hydrogen-bond donors (Lipinski definition) is 3. The van der Waals surface area contributed by atoms with Gasteiger partial charge in [-0.15, -0.1) is 0 Å². The molecule has 2 fully saturated rings. The zero-order chi connectivity index (χ0) is 25.5. The molecule has 5 rings (SSSR count). The zero-order valence-corrected chi connectivity index (χ0v) is 20.9. The highest BCUT2D eigenvalue weighted by molar-refractivity contribution is 7.71. The van der Waals surface area contributed by atoms with E-state index in [9.17, 15) is 17.7 Å². The summed E-state index contributed by atoms with van der Waals surface area (Å²) in [6.07, 6.45) is -2.46. The Balaban J connectivity index is 1.40. The summed E-state index contributed by atoms with van der Waals surface area (Å²) in [5, 5.41) is 6.56. The summed E-state index contributed by atoms with van der Waals surface area (Å²) in [4.78, 5) is 13.5. The normalized spacial score (nSPS) is 18.7. The van der Waals surface area contributed by atoms with Crippen LogP contribution in [-0.2, 0) is 15.5 Å². The van der Waals surface area contributed by atoms with Crippen molar-refractivity contribution in [3.63, 3.8) is 0 Å². The number of methoxy groups -OCH3 is 1. The van der Waals surface area contributed by atoms with Crippen molar-refractivity contribution in [1.29, 1.82) is 0 Å². The summed E-state index contributed by atoms with van der Waals surface area (Å²) in [6, 6.07) is 5.76. The Hall–Kier alpha value is -2.82. The number of aromatic amines is 1. The van der Waals surface area contributed by atoms with Crippen molar-refractivity contribution in [1.82, 2.24) is 19.9 Å². The average molecular weight is 524 g/mol. The first kappa shape index (κ1) is 24.9. The predicted octanol–water partition coefficient (Wildman–Crippen LogP) is 3.86. The van der Waals surface area contributed by atoms with Gasteiger partial charge in [0.05, 0.1) is 43.0 Å². The van der Waals surface area contributed by atoms with Gasteiger partial charge in [-0.1, -0.05) is 0 Å². The van der Waals surface area contributed by atoms with Crippen molar-refractivity contribution in [2.75, 3.05) is 62.9 Å². The highest BCUT2D eigenvalue weighted by atomic mass is 31.2. The lowest BCUT2D eigenvalue weighted by atomic mass is 10.2. The number of benzene rings is 1. The molecule has 194 valence electrons. The lowest BCUT2D eigenvalue weighted by Gasteiger charge is -2.41. The van der Waals surface area contributed by atoms with Gasteiger partial charge in [-0.25, -0.2) is 0 Å². The third-order valence-corrected chi connectivity index (χ3v) is 9.78. The second-order valence-electron chi connectivity index (χ2n) is 8.92. The number of hydrogen-bond acceptors (Lipinski definition) is 8. The Bertz CT molecular complexity index is 1300. The fraction of sp³-hybridized carbons (Fsp3) is 0.478. The smallest absolute Gasteiger partial charge is 0.418 e. The van der Waals surface area contributed by atoms with E-state index < -0.39 is 18.9 Å². The molecule has 0 unspecified atom stereocenters. The molecule has 0 bridgehead atoms. The van der Waals surface area contributed by atoms with Crippen molar-refractivity contribution in [3.8, 4) is 5.75 Å². The molecule has 13 heteroatoms. The van der Waals surface area contributed by atoms with Gasteiger partial charge in [0.2, 0.25) is 5.95 Å². The number of alkyl halides is 3. The van der Waals surface area contributed by atoms with Gasteiger partial charge in [0.1, 0.15) is 24.4 Å². The van der Waals surface area contributed by atoms with E-state index in [1.54, 1.807) is 19.1 Å². The van der Waals surface area contributed by atoms with Crippen LogP contribution in [0, 0.1) is 0 Å². The van der Waals surface area contributed by atoms with Crippen LogP contribution < -0.4 is 20.7 Å². The second-order valence-corrected chi connectivity index (χ2v) is 12.1. The van der Waals surface area contributed by atoms with Gasteiger partial charge in [-0.3, -0.25) is 4.90 Å². The van der Waals surface area contributed by atoms with E-state index in [0.717, 1.165) is 37.8 Å².